The van der Waals surface area contributed by atoms with Crippen LogP contribution < -0.4 is 9.62 Å². The summed E-state index contributed by atoms with van der Waals surface area (Å²) in [6.45, 7) is 7.73. The minimum atomic E-state index is -3.75. The average Bonchev–Trinajstić information content (AvgIpc) is 2.75. The fourth-order valence-corrected chi connectivity index (χ4v) is 4.98. The lowest BCUT2D eigenvalue weighted by Gasteiger charge is -2.32. The predicted octanol–water partition coefficient (Wildman–Crippen LogP) is 4.17. The Morgan fingerprint density at radius 1 is 1.12 bits per heavy atom. The molecule has 0 aliphatic heterocycles. The molecule has 0 radical (unpaired) electrons. The van der Waals surface area contributed by atoms with Gasteiger partial charge in [-0.25, -0.2) is 8.42 Å². The first-order chi connectivity index (χ1) is 15.9. The van der Waals surface area contributed by atoms with Gasteiger partial charge in [0.2, 0.25) is 21.8 Å². The lowest BCUT2D eigenvalue weighted by atomic mass is 10.1. The van der Waals surface area contributed by atoms with Gasteiger partial charge in [-0.05, 0) is 56.5 Å². The van der Waals surface area contributed by atoms with Crippen LogP contribution in [0.1, 0.15) is 43.4 Å². The van der Waals surface area contributed by atoms with Crippen molar-refractivity contribution >= 4 is 43.5 Å². The van der Waals surface area contributed by atoms with Crippen molar-refractivity contribution in [1.29, 1.82) is 0 Å². The van der Waals surface area contributed by atoms with Crippen LogP contribution in [0.2, 0.25) is 0 Å². The van der Waals surface area contributed by atoms with Crippen LogP contribution in [0.5, 0.6) is 0 Å². The topological polar surface area (TPSA) is 86.8 Å². The van der Waals surface area contributed by atoms with E-state index >= 15 is 0 Å². The van der Waals surface area contributed by atoms with E-state index in [1.165, 1.54) is 4.90 Å². The number of anilines is 1. The maximum absolute atomic E-state index is 13.5. The second-order valence-electron chi connectivity index (χ2n) is 8.53. The lowest BCUT2D eigenvalue weighted by molar-refractivity contribution is -0.139. The highest BCUT2D eigenvalue weighted by Crippen LogP contribution is 2.24. The molecular formula is C25H34BrN3O4S. The number of aryl methyl sites for hydroxylation is 2. The molecule has 2 aromatic rings. The van der Waals surface area contributed by atoms with Gasteiger partial charge >= 0.3 is 0 Å². The molecule has 0 spiro atoms. The molecule has 0 unspecified atom stereocenters. The summed E-state index contributed by atoms with van der Waals surface area (Å²) in [6.07, 6.45) is 2.86. The zero-order chi connectivity index (χ0) is 25.5. The number of amides is 2. The van der Waals surface area contributed by atoms with E-state index in [1.807, 2.05) is 57.2 Å². The van der Waals surface area contributed by atoms with E-state index < -0.39 is 28.5 Å². The zero-order valence-corrected chi connectivity index (χ0v) is 22.9. The van der Waals surface area contributed by atoms with Gasteiger partial charge in [0.25, 0.3) is 0 Å². The Labute approximate surface area is 211 Å². The number of carbonyl (C=O) groups is 2. The highest BCUT2D eigenvalue weighted by atomic mass is 79.9. The molecule has 0 bridgehead atoms. The Balaban J connectivity index is 2.38. The van der Waals surface area contributed by atoms with E-state index in [9.17, 15) is 18.0 Å². The van der Waals surface area contributed by atoms with E-state index in [4.69, 9.17) is 0 Å². The molecule has 186 valence electrons. The van der Waals surface area contributed by atoms with Crippen molar-refractivity contribution in [3.05, 3.63) is 63.6 Å². The zero-order valence-electron chi connectivity index (χ0n) is 20.5. The van der Waals surface area contributed by atoms with Crippen LogP contribution in [-0.4, -0.2) is 50.5 Å². The highest BCUT2D eigenvalue weighted by molar-refractivity contribution is 9.10. The molecule has 2 aromatic carbocycles. The maximum atomic E-state index is 13.5. The number of rotatable bonds is 11. The monoisotopic (exact) mass is 551 g/mol. The van der Waals surface area contributed by atoms with Gasteiger partial charge in [0, 0.05) is 17.6 Å². The average molecular weight is 553 g/mol. The van der Waals surface area contributed by atoms with Crippen LogP contribution >= 0.6 is 15.9 Å². The molecule has 9 heteroatoms. The third-order valence-corrected chi connectivity index (χ3v) is 7.16. The van der Waals surface area contributed by atoms with Crippen molar-refractivity contribution in [3.8, 4) is 0 Å². The third-order valence-electron chi connectivity index (χ3n) is 5.54. The number of hydrogen-bond donors (Lipinski definition) is 1. The van der Waals surface area contributed by atoms with Gasteiger partial charge in [-0.15, -0.1) is 0 Å². The van der Waals surface area contributed by atoms with Crippen molar-refractivity contribution in [3.63, 3.8) is 0 Å². The summed E-state index contributed by atoms with van der Waals surface area (Å²) in [5.74, 6) is -0.724. The number of carbonyl (C=O) groups excluding carboxylic acids is 2. The Morgan fingerprint density at radius 3 is 2.41 bits per heavy atom. The first-order valence-corrected chi connectivity index (χ1v) is 13.9. The summed E-state index contributed by atoms with van der Waals surface area (Å²) < 4.78 is 27.3. The quantitative estimate of drug-likeness (QED) is 0.424. The Morgan fingerprint density at radius 2 is 1.82 bits per heavy atom. The fourth-order valence-electron chi connectivity index (χ4n) is 3.63. The smallest absolute Gasteiger partial charge is 0.244 e. The van der Waals surface area contributed by atoms with Crippen LogP contribution in [0.25, 0.3) is 0 Å². The van der Waals surface area contributed by atoms with Crippen LogP contribution in [-0.2, 0) is 26.2 Å². The van der Waals surface area contributed by atoms with Crippen molar-refractivity contribution in [2.45, 2.75) is 53.1 Å². The van der Waals surface area contributed by atoms with Crippen LogP contribution in [0.15, 0.2) is 46.9 Å². The fraction of sp³-hybridized carbons (Fsp3) is 0.440. The first kappa shape index (κ1) is 27.9. The number of halogens is 1. The van der Waals surface area contributed by atoms with Crippen LogP contribution in [0.3, 0.4) is 0 Å². The van der Waals surface area contributed by atoms with Gasteiger partial charge in [-0.1, -0.05) is 59.1 Å². The molecule has 2 rings (SSSR count). The maximum Gasteiger partial charge on any atom is 0.244 e. The molecule has 0 heterocycles. The van der Waals surface area contributed by atoms with Gasteiger partial charge in [0.1, 0.15) is 12.6 Å². The van der Waals surface area contributed by atoms with Crippen LogP contribution in [0.4, 0.5) is 5.69 Å². The van der Waals surface area contributed by atoms with Gasteiger partial charge in [0.05, 0.1) is 11.9 Å². The number of benzene rings is 2. The van der Waals surface area contributed by atoms with Gasteiger partial charge in [-0.2, -0.15) is 0 Å². The van der Waals surface area contributed by atoms with Crippen molar-refractivity contribution in [2.24, 2.45) is 0 Å². The Bertz CT molecular complexity index is 1120. The van der Waals surface area contributed by atoms with Crippen LogP contribution in [0, 0.1) is 13.8 Å². The summed E-state index contributed by atoms with van der Waals surface area (Å²) in [6, 6.07) is 12.1. The molecule has 0 fully saturated rings. The molecule has 34 heavy (non-hydrogen) atoms. The van der Waals surface area contributed by atoms with Crippen molar-refractivity contribution < 1.29 is 18.0 Å². The Hall–Kier alpha value is -2.39. The number of nitrogens with zero attached hydrogens (tertiary/aromatic N) is 2. The molecule has 1 atom stereocenters. The molecule has 0 aromatic heterocycles. The standard InChI is InChI=1S/C25H34BrN3O4S/c1-6-7-13-27-25(31)20(4)28(16-21-9-8-10-22(26)15-21)24(30)17-29(34(5,32)33)23-12-11-18(2)14-19(23)3/h8-12,14-15,20H,6-7,13,16-17H2,1-5H3,(H,27,31)/t20-/m0/s1. The van der Waals surface area contributed by atoms with Crippen molar-refractivity contribution in [1.82, 2.24) is 10.2 Å². The molecule has 2 amide bonds. The summed E-state index contributed by atoms with van der Waals surface area (Å²) in [7, 11) is -3.75. The lowest BCUT2D eigenvalue weighted by Crippen LogP contribution is -2.51. The molecule has 7 nitrogen and oxygen atoms in total. The van der Waals surface area contributed by atoms with E-state index in [0.717, 1.165) is 44.6 Å². The number of nitrogens with one attached hydrogen (secondary N) is 1. The number of sulfonamides is 1. The molecule has 0 saturated carbocycles. The van der Waals surface area contributed by atoms with Crippen molar-refractivity contribution in [2.75, 3.05) is 23.7 Å². The number of hydrogen-bond acceptors (Lipinski definition) is 4. The van der Waals surface area contributed by atoms with Gasteiger partial charge < -0.3 is 10.2 Å². The molecule has 0 aliphatic rings. The molecule has 1 N–H and O–H groups in total. The minimum Gasteiger partial charge on any atom is -0.354 e. The molecule has 0 aliphatic carbocycles. The first-order valence-electron chi connectivity index (χ1n) is 11.3. The second kappa shape index (κ2) is 12.4. The summed E-state index contributed by atoms with van der Waals surface area (Å²) in [5.41, 5.74) is 3.02. The second-order valence-corrected chi connectivity index (χ2v) is 11.4. The van der Waals surface area contributed by atoms with E-state index in [0.29, 0.717) is 12.2 Å². The normalized spacial score (nSPS) is 12.2. The molecule has 0 saturated heterocycles. The van der Waals surface area contributed by atoms with E-state index in [1.54, 1.807) is 13.0 Å². The Kier molecular flexibility index (Phi) is 10.1. The molecular weight excluding hydrogens is 518 g/mol. The summed E-state index contributed by atoms with van der Waals surface area (Å²) in [5, 5.41) is 2.87. The van der Waals surface area contributed by atoms with Gasteiger partial charge in [-0.3, -0.25) is 13.9 Å². The van der Waals surface area contributed by atoms with Gasteiger partial charge in [0.15, 0.2) is 0 Å². The third kappa shape index (κ3) is 7.84. The van der Waals surface area contributed by atoms with E-state index in [-0.39, 0.29) is 12.5 Å². The highest BCUT2D eigenvalue weighted by Gasteiger charge is 2.30. The predicted molar refractivity (Wildman–Crippen MR) is 140 cm³/mol. The minimum absolute atomic E-state index is 0.172. The largest absolute Gasteiger partial charge is 0.354 e. The van der Waals surface area contributed by atoms with E-state index in [2.05, 4.69) is 21.2 Å². The number of unbranched alkanes of at least 4 members (excludes halogenated alkanes) is 1. The summed E-state index contributed by atoms with van der Waals surface area (Å²) in [4.78, 5) is 27.8. The SMILES string of the molecule is CCCCNC(=O)[C@H](C)N(Cc1cccc(Br)c1)C(=O)CN(c1ccc(C)cc1C)S(C)(=O)=O. The summed E-state index contributed by atoms with van der Waals surface area (Å²) >= 11 is 3.44.